The van der Waals surface area contributed by atoms with Gasteiger partial charge in [-0.05, 0) is 40.2 Å². The smallest absolute Gasteiger partial charge is 0.223 e. The number of nitrogens with one attached hydrogen (secondary N) is 2. The molecule has 1 aliphatic heterocycles. The third-order valence-corrected chi connectivity index (χ3v) is 3.24. The van der Waals surface area contributed by atoms with Crippen molar-refractivity contribution in [3.05, 3.63) is 0 Å². The van der Waals surface area contributed by atoms with Crippen LogP contribution >= 0.6 is 0 Å². The van der Waals surface area contributed by atoms with Crippen LogP contribution in [0.4, 0.5) is 0 Å². The number of ether oxygens (including phenoxy) is 1. The van der Waals surface area contributed by atoms with Gasteiger partial charge in [-0.1, -0.05) is 0 Å². The maximum atomic E-state index is 11.9. The van der Waals surface area contributed by atoms with Gasteiger partial charge in [0.15, 0.2) is 0 Å². The number of piperidine rings is 1. The second-order valence-electron chi connectivity index (χ2n) is 5.26. The molecule has 16 heavy (non-hydrogen) atoms. The van der Waals surface area contributed by atoms with Crippen LogP contribution in [0.5, 0.6) is 0 Å². The molecule has 2 atom stereocenters. The molecule has 0 aliphatic carbocycles. The molecule has 0 unspecified atom stereocenters. The van der Waals surface area contributed by atoms with Crippen molar-refractivity contribution in [3.63, 3.8) is 0 Å². The van der Waals surface area contributed by atoms with E-state index in [-0.39, 0.29) is 17.4 Å². The molecule has 4 nitrogen and oxygen atoms in total. The molecule has 1 saturated heterocycles. The highest BCUT2D eigenvalue weighted by molar-refractivity contribution is 5.78. The fourth-order valence-electron chi connectivity index (χ4n) is 1.89. The van der Waals surface area contributed by atoms with Crippen molar-refractivity contribution in [1.82, 2.24) is 10.6 Å². The standard InChI is InChI=1S/C12H24N2O2/c1-9-7-10(5-6-13-9)11(15)14-8-12(2,3)16-4/h9-10,13H,5-8H2,1-4H3,(H,14,15)/t9-,10-/m0/s1. The average Bonchev–Trinajstić information content (AvgIpc) is 2.26. The second kappa shape index (κ2) is 5.64. The largest absolute Gasteiger partial charge is 0.377 e. The molecule has 0 spiro atoms. The Morgan fingerprint density at radius 2 is 2.25 bits per heavy atom. The maximum absolute atomic E-state index is 11.9. The van der Waals surface area contributed by atoms with Gasteiger partial charge in [0.1, 0.15) is 0 Å². The predicted octanol–water partition coefficient (Wildman–Crippen LogP) is 0.916. The van der Waals surface area contributed by atoms with Crippen molar-refractivity contribution in [3.8, 4) is 0 Å². The number of rotatable bonds is 4. The highest BCUT2D eigenvalue weighted by Gasteiger charge is 2.26. The highest BCUT2D eigenvalue weighted by atomic mass is 16.5. The lowest BCUT2D eigenvalue weighted by atomic mass is 9.92. The maximum Gasteiger partial charge on any atom is 0.223 e. The highest BCUT2D eigenvalue weighted by Crippen LogP contribution is 2.16. The van der Waals surface area contributed by atoms with Gasteiger partial charge in [0, 0.05) is 25.6 Å². The van der Waals surface area contributed by atoms with E-state index in [4.69, 9.17) is 4.74 Å². The van der Waals surface area contributed by atoms with Crippen LogP contribution in [0.1, 0.15) is 33.6 Å². The predicted molar refractivity (Wildman–Crippen MR) is 64.3 cm³/mol. The zero-order valence-corrected chi connectivity index (χ0v) is 10.8. The number of amides is 1. The van der Waals surface area contributed by atoms with Crippen LogP contribution in [-0.4, -0.2) is 37.7 Å². The van der Waals surface area contributed by atoms with Gasteiger partial charge in [-0.3, -0.25) is 4.79 Å². The van der Waals surface area contributed by atoms with E-state index < -0.39 is 0 Å². The molecule has 1 heterocycles. The Kier molecular flexibility index (Phi) is 4.74. The SMILES string of the molecule is COC(C)(C)CNC(=O)[C@H]1CCN[C@@H](C)C1. The van der Waals surface area contributed by atoms with Crippen molar-refractivity contribution in [2.24, 2.45) is 5.92 Å². The van der Waals surface area contributed by atoms with Gasteiger partial charge in [-0.15, -0.1) is 0 Å². The minimum atomic E-state index is -0.284. The fraction of sp³-hybridized carbons (Fsp3) is 0.917. The van der Waals surface area contributed by atoms with Gasteiger partial charge < -0.3 is 15.4 Å². The van der Waals surface area contributed by atoms with E-state index in [1.54, 1.807) is 7.11 Å². The summed E-state index contributed by atoms with van der Waals surface area (Å²) in [5.41, 5.74) is -0.284. The summed E-state index contributed by atoms with van der Waals surface area (Å²) in [5.74, 6) is 0.322. The summed E-state index contributed by atoms with van der Waals surface area (Å²) in [7, 11) is 1.67. The number of hydrogen-bond acceptors (Lipinski definition) is 3. The molecule has 0 saturated carbocycles. The zero-order valence-electron chi connectivity index (χ0n) is 10.8. The van der Waals surface area contributed by atoms with Crippen LogP contribution in [-0.2, 0) is 9.53 Å². The third-order valence-electron chi connectivity index (χ3n) is 3.24. The van der Waals surface area contributed by atoms with E-state index >= 15 is 0 Å². The lowest BCUT2D eigenvalue weighted by Crippen LogP contribution is -2.46. The molecule has 1 aliphatic rings. The Bertz CT molecular complexity index is 241. The molecule has 1 rings (SSSR count). The van der Waals surface area contributed by atoms with E-state index in [2.05, 4.69) is 17.6 Å². The Hall–Kier alpha value is -0.610. The van der Waals surface area contributed by atoms with Crippen molar-refractivity contribution in [2.75, 3.05) is 20.2 Å². The topological polar surface area (TPSA) is 50.4 Å². The van der Waals surface area contributed by atoms with Crippen molar-refractivity contribution < 1.29 is 9.53 Å². The van der Waals surface area contributed by atoms with Crippen molar-refractivity contribution >= 4 is 5.91 Å². The molecular formula is C12H24N2O2. The molecule has 4 heteroatoms. The first-order chi connectivity index (χ1) is 7.44. The quantitative estimate of drug-likeness (QED) is 0.752. The zero-order chi connectivity index (χ0) is 12.2. The van der Waals surface area contributed by atoms with E-state index in [1.165, 1.54) is 0 Å². The third kappa shape index (κ3) is 4.10. The normalized spacial score (nSPS) is 26.5. The Morgan fingerprint density at radius 3 is 2.81 bits per heavy atom. The number of carbonyl (C=O) groups is 1. The van der Waals surface area contributed by atoms with Gasteiger partial charge in [0.25, 0.3) is 0 Å². The van der Waals surface area contributed by atoms with Crippen molar-refractivity contribution in [2.45, 2.75) is 45.3 Å². The van der Waals surface area contributed by atoms with E-state index in [9.17, 15) is 4.79 Å². The summed E-state index contributed by atoms with van der Waals surface area (Å²) < 4.78 is 5.27. The molecule has 0 aromatic heterocycles. The second-order valence-corrected chi connectivity index (χ2v) is 5.26. The molecule has 2 N–H and O–H groups in total. The Morgan fingerprint density at radius 1 is 1.56 bits per heavy atom. The number of carbonyl (C=O) groups excluding carboxylic acids is 1. The van der Waals surface area contributed by atoms with Crippen LogP contribution in [0.25, 0.3) is 0 Å². The molecular weight excluding hydrogens is 204 g/mol. The molecule has 94 valence electrons. The summed E-state index contributed by atoms with van der Waals surface area (Å²) in [4.78, 5) is 11.9. The average molecular weight is 228 g/mol. The van der Waals surface area contributed by atoms with Gasteiger partial charge in [0.2, 0.25) is 5.91 Å². The van der Waals surface area contributed by atoms with E-state index in [0.29, 0.717) is 12.6 Å². The van der Waals surface area contributed by atoms with Gasteiger partial charge >= 0.3 is 0 Å². The molecule has 0 aromatic rings. The van der Waals surface area contributed by atoms with Gasteiger partial charge in [-0.2, -0.15) is 0 Å². The molecule has 0 bridgehead atoms. The summed E-state index contributed by atoms with van der Waals surface area (Å²) in [6, 6.07) is 0.444. The van der Waals surface area contributed by atoms with Gasteiger partial charge in [0.05, 0.1) is 5.60 Å². The van der Waals surface area contributed by atoms with Gasteiger partial charge in [-0.25, -0.2) is 0 Å². The first-order valence-electron chi connectivity index (χ1n) is 6.01. The van der Waals surface area contributed by atoms with Crippen LogP contribution in [0.3, 0.4) is 0 Å². The minimum Gasteiger partial charge on any atom is -0.377 e. The minimum absolute atomic E-state index is 0.156. The lowest BCUT2D eigenvalue weighted by molar-refractivity contribution is -0.127. The summed E-state index contributed by atoms with van der Waals surface area (Å²) in [5, 5.41) is 6.32. The first-order valence-corrected chi connectivity index (χ1v) is 6.01. The molecule has 1 fully saturated rings. The van der Waals surface area contributed by atoms with Crippen LogP contribution in [0, 0.1) is 5.92 Å². The molecule has 1 amide bonds. The summed E-state index contributed by atoms with van der Waals surface area (Å²) >= 11 is 0. The summed E-state index contributed by atoms with van der Waals surface area (Å²) in [6.45, 7) is 7.57. The molecule has 0 aromatic carbocycles. The fourth-order valence-corrected chi connectivity index (χ4v) is 1.89. The Balaban J connectivity index is 2.34. The van der Waals surface area contributed by atoms with Crippen LogP contribution in [0.2, 0.25) is 0 Å². The van der Waals surface area contributed by atoms with Crippen LogP contribution in [0.15, 0.2) is 0 Å². The number of methoxy groups -OCH3 is 1. The number of hydrogen-bond donors (Lipinski definition) is 2. The van der Waals surface area contributed by atoms with Crippen molar-refractivity contribution in [1.29, 1.82) is 0 Å². The monoisotopic (exact) mass is 228 g/mol. The Labute approximate surface area is 98.1 Å². The first kappa shape index (κ1) is 13.5. The van der Waals surface area contributed by atoms with E-state index in [1.807, 2.05) is 13.8 Å². The van der Waals surface area contributed by atoms with Crippen LogP contribution < -0.4 is 10.6 Å². The lowest BCUT2D eigenvalue weighted by Gasteiger charge is -2.29. The molecule has 0 radical (unpaired) electrons. The summed E-state index contributed by atoms with van der Waals surface area (Å²) in [6.07, 6.45) is 1.86. The van der Waals surface area contributed by atoms with E-state index in [0.717, 1.165) is 19.4 Å².